The summed E-state index contributed by atoms with van der Waals surface area (Å²) in [7, 11) is 0. The number of furan rings is 1. The van der Waals surface area contributed by atoms with E-state index in [2.05, 4.69) is 176 Å². The zero-order valence-corrected chi connectivity index (χ0v) is 30.0. The Kier molecular flexibility index (Phi) is 7.00. The Labute approximate surface area is 320 Å². The molecule has 11 aromatic rings. The summed E-state index contributed by atoms with van der Waals surface area (Å²) in [5, 5.41) is 9.42. The Morgan fingerprint density at radius 3 is 1.58 bits per heavy atom. The molecule has 0 saturated carbocycles. The summed E-state index contributed by atoms with van der Waals surface area (Å²) in [4.78, 5) is 0. The maximum absolute atomic E-state index is 8.03. The van der Waals surface area contributed by atoms with Crippen molar-refractivity contribution >= 4 is 54.3 Å². The first-order valence-electron chi connectivity index (χ1n) is 19.3. The van der Waals surface area contributed by atoms with Crippen LogP contribution in [0.1, 0.15) is 1.37 Å². The minimum absolute atomic E-state index is 0.532. The summed E-state index contributed by atoms with van der Waals surface area (Å²) in [6.45, 7) is 0. The minimum atomic E-state index is 0.532. The van der Waals surface area contributed by atoms with Gasteiger partial charge in [-0.2, -0.15) is 0 Å². The molecule has 256 valence electrons. The molecule has 55 heavy (non-hydrogen) atoms. The van der Waals surface area contributed by atoms with Gasteiger partial charge in [0.1, 0.15) is 11.2 Å². The SMILES string of the molecule is [2H]c1ccc2cc(-c3cccc(-c4c5ccccc5c(-c5ccc(-c6ccc7oc8cc(-c9ccccc9)ccc8c7c6)cc5)c5ccccc45)c3)ccc2c1. The second-order valence-electron chi connectivity index (χ2n) is 14.4. The van der Waals surface area contributed by atoms with Crippen LogP contribution in [0.4, 0.5) is 0 Å². The van der Waals surface area contributed by atoms with E-state index < -0.39 is 0 Å². The molecule has 0 radical (unpaired) electrons. The third-order valence-electron chi connectivity index (χ3n) is 11.2. The Balaban J connectivity index is 0.996. The lowest BCUT2D eigenvalue weighted by Gasteiger charge is -2.18. The summed E-state index contributed by atoms with van der Waals surface area (Å²) < 4.78 is 14.4. The normalized spacial score (nSPS) is 11.9. The van der Waals surface area contributed by atoms with Gasteiger partial charge in [-0.1, -0.05) is 170 Å². The van der Waals surface area contributed by atoms with Gasteiger partial charge in [0.2, 0.25) is 0 Å². The topological polar surface area (TPSA) is 13.1 Å². The van der Waals surface area contributed by atoms with Crippen molar-refractivity contribution in [3.63, 3.8) is 0 Å². The van der Waals surface area contributed by atoms with Crippen LogP contribution in [-0.4, -0.2) is 0 Å². The lowest BCUT2D eigenvalue weighted by atomic mass is 9.85. The van der Waals surface area contributed by atoms with Crippen molar-refractivity contribution in [1.29, 1.82) is 0 Å². The zero-order chi connectivity index (χ0) is 37.2. The van der Waals surface area contributed by atoms with Crippen molar-refractivity contribution in [3.05, 3.63) is 206 Å². The number of rotatable bonds is 5. The van der Waals surface area contributed by atoms with E-state index in [-0.39, 0.29) is 0 Å². The average molecular weight is 700 g/mol. The third-order valence-corrected chi connectivity index (χ3v) is 11.2. The van der Waals surface area contributed by atoms with Gasteiger partial charge in [-0.15, -0.1) is 0 Å². The second kappa shape index (κ2) is 12.7. The molecule has 1 heterocycles. The predicted molar refractivity (Wildman–Crippen MR) is 233 cm³/mol. The molecule has 10 aromatic carbocycles. The lowest BCUT2D eigenvalue weighted by Crippen LogP contribution is -1.91. The highest BCUT2D eigenvalue weighted by atomic mass is 16.3. The Bertz CT molecular complexity index is 3240. The molecule has 0 aliphatic rings. The minimum Gasteiger partial charge on any atom is -0.456 e. The van der Waals surface area contributed by atoms with E-state index in [1.807, 2.05) is 24.3 Å². The maximum Gasteiger partial charge on any atom is 0.136 e. The quantitative estimate of drug-likeness (QED) is 0.163. The van der Waals surface area contributed by atoms with E-state index in [0.29, 0.717) is 6.04 Å². The summed E-state index contributed by atoms with van der Waals surface area (Å²) >= 11 is 0. The van der Waals surface area contributed by atoms with Crippen LogP contribution in [0, 0.1) is 0 Å². The van der Waals surface area contributed by atoms with Gasteiger partial charge in [0, 0.05) is 10.8 Å². The van der Waals surface area contributed by atoms with Gasteiger partial charge in [0.25, 0.3) is 0 Å². The average Bonchev–Trinajstić information content (AvgIpc) is 3.63. The standard InChI is InChI=1S/C54H34O/c1-2-11-35(12-3-1)43-27-29-45-50-33-42(28-30-51(50)55-52(45)34-43)37-21-24-38(25-22-37)53-46-17-6-8-19-48(46)54(49-20-9-7-18-47(49)53)44-16-10-15-40(32-44)41-26-23-36-13-4-5-14-39(36)31-41/h1-34H/i4D. The number of benzene rings is 10. The molecule has 1 aromatic heterocycles. The molecule has 0 fully saturated rings. The molecule has 0 spiro atoms. The Hall–Kier alpha value is -7.22. The molecule has 0 saturated heterocycles. The number of hydrogen-bond acceptors (Lipinski definition) is 1. The molecule has 0 aliphatic heterocycles. The van der Waals surface area contributed by atoms with Gasteiger partial charge in [0.15, 0.2) is 0 Å². The summed E-state index contributed by atoms with van der Waals surface area (Å²) in [5.41, 5.74) is 13.7. The molecule has 1 heteroatoms. The van der Waals surface area contributed by atoms with Crippen LogP contribution in [-0.2, 0) is 0 Å². The van der Waals surface area contributed by atoms with Crippen LogP contribution in [0.5, 0.6) is 0 Å². The molecule has 0 atom stereocenters. The van der Waals surface area contributed by atoms with E-state index in [1.54, 1.807) is 0 Å². The van der Waals surface area contributed by atoms with Crippen molar-refractivity contribution in [2.45, 2.75) is 0 Å². The van der Waals surface area contributed by atoms with Gasteiger partial charge in [-0.05, 0) is 124 Å². The fraction of sp³-hybridized carbons (Fsp3) is 0. The predicted octanol–water partition coefficient (Wildman–Crippen LogP) is 15.4. The van der Waals surface area contributed by atoms with Crippen molar-refractivity contribution in [2.75, 3.05) is 0 Å². The first kappa shape index (κ1) is 30.3. The van der Waals surface area contributed by atoms with Crippen LogP contribution in [0.25, 0.3) is 110 Å². The lowest BCUT2D eigenvalue weighted by molar-refractivity contribution is 0.669. The van der Waals surface area contributed by atoms with Gasteiger partial charge in [-0.25, -0.2) is 0 Å². The number of hydrogen-bond donors (Lipinski definition) is 0. The van der Waals surface area contributed by atoms with E-state index >= 15 is 0 Å². The van der Waals surface area contributed by atoms with Gasteiger partial charge < -0.3 is 4.42 Å². The largest absolute Gasteiger partial charge is 0.456 e. The summed E-state index contributed by atoms with van der Waals surface area (Å²) in [6, 6.07) is 72.0. The Morgan fingerprint density at radius 1 is 0.273 bits per heavy atom. The zero-order valence-electron chi connectivity index (χ0n) is 31.0. The molecule has 0 aliphatic carbocycles. The molecule has 11 rings (SSSR count). The second-order valence-corrected chi connectivity index (χ2v) is 14.4. The molecule has 0 unspecified atom stereocenters. The Morgan fingerprint density at radius 2 is 0.818 bits per heavy atom. The first-order chi connectivity index (χ1) is 27.6. The highest BCUT2D eigenvalue weighted by molar-refractivity contribution is 6.21. The van der Waals surface area contributed by atoms with Gasteiger partial charge >= 0.3 is 0 Å². The van der Waals surface area contributed by atoms with E-state index in [0.717, 1.165) is 43.8 Å². The van der Waals surface area contributed by atoms with Crippen LogP contribution in [0.3, 0.4) is 0 Å². The van der Waals surface area contributed by atoms with Crippen LogP contribution < -0.4 is 0 Å². The highest BCUT2D eigenvalue weighted by Gasteiger charge is 2.17. The van der Waals surface area contributed by atoms with Crippen LogP contribution >= 0.6 is 0 Å². The fourth-order valence-corrected chi connectivity index (χ4v) is 8.51. The van der Waals surface area contributed by atoms with Crippen LogP contribution in [0.15, 0.2) is 211 Å². The molecular formula is C54H34O. The molecular weight excluding hydrogens is 665 g/mol. The fourth-order valence-electron chi connectivity index (χ4n) is 8.51. The third kappa shape index (κ3) is 5.32. The summed E-state index contributed by atoms with van der Waals surface area (Å²) in [5.74, 6) is 0. The number of fused-ring (bicyclic) bond motifs is 6. The highest BCUT2D eigenvalue weighted by Crippen LogP contribution is 2.45. The molecule has 0 N–H and O–H groups in total. The van der Waals surface area contributed by atoms with Gasteiger partial charge in [-0.3, -0.25) is 0 Å². The first-order valence-corrected chi connectivity index (χ1v) is 18.8. The summed E-state index contributed by atoms with van der Waals surface area (Å²) in [6.07, 6.45) is 0. The van der Waals surface area contributed by atoms with Crippen LogP contribution in [0.2, 0.25) is 0 Å². The van der Waals surface area contributed by atoms with E-state index in [4.69, 9.17) is 5.79 Å². The molecule has 0 amide bonds. The van der Waals surface area contributed by atoms with Crippen molar-refractivity contribution in [3.8, 4) is 55.6 Å². The molecule has 1 nitrogen and oxygen atoms in total. The van der Waals surface area contributed by atoms with E-state index in [1.165, 1.54) is 66.1 Å². The van der Waals surface area contributed by atoms with Crippen molar-refractivity contribution in [2.24, 2.45) is 0 Å². The van der Waals surface area contributed by atoms with E-state index in [9.17, 15) is 0 Å². The smallest absolute Gasteiger partial charge is 0.136 e. The monoisotopic (exact) mass is 699 g/mol. The van der Waals surface area contributed by atoms with Gasteiger partial charge in [0.05, 0.1) is 1.37 Å². The maximum atomic E-state index is 8.03. The molecule has 0 bridgehead atoms. The van der Waals surface area contributed by atoms with Crippen molar-refractivity contribution < 1.29 is 5.79 Å². The van der Waals surface area contributed by atoms with Crippen molar-refractivity contribution in [1.82, 2.24) is 0 Å².